The van der Waals surface area contributed by atoms with Crippen LogP contribution in [-0.2, 0) is 6.42 Å². The van der Waals surface area contributed by atoms with Crippen molar-refractivity contribution in [3.63, 3.8) is 0 Å². The number of rotatable bonds is 7. The fourth-order valence-corrected chi connectivity index (χ4v) is 2.23. The minimum absolute atomic E-state index is 0.202. The molecular weight excluding hydrogens is 297 g/mol. The van der Waals surface area contributed by atoms with E-state index in [9.17, 15) is 13.2 Å². The van der Waals surface area contributed by atoms with Crippen molar-refractivity contribution in [1.29, 1.82) is 0 Å². The normalized spacial score (nSPS) is 12.7. The van der Waals surface area contributed by atoms with Crippen molar-refractivity contribution in [2.75, 3.05) is 0 Å². The van der Waals surface area contributed by atoms with Crippen LogP contribution in [0.5, 0.6) is 0 Å². The lowest BCUT2D eigenvalue weighted by molar-refractivity contribution is 0.192. The van der Waals surface area contributed by atoms with Gasteiger partial charge in [-0.25, -0.2) is 13.2 Å². The molecule has 0 nitrogen and oxygen atoms in total. The fraction of sp³-hybridized carbons (Fsp3) is 0.300. The number of hydrogen-bond donors (Lipinski definition) is 0. The van der Waals surface area contributed by atoms with Gasteiger partial charge in [-0.15, -0.1) is 0 Å². The maximum Gasteiger partial charge on any atom is 0.263 e. The third-order valence-electron chi connectivity index (χ3n) is 3.44. The van der Waals surface area contributed by atoms with E-state index in [0.29, 0.717) is 17.6 Å². The second kappa shape index (κ2) is 8.56. The molecule has 23 heavy (non-hydrogen) atoms. The highest BCUT2D eigenvalue weighted by atomic mass is 19.3. The first-order valence-corrected chi connectivity index (χ1v) is 7.43. The number of allylic oxidation sites excluding steroid dienone is 6. The van der Waals surface area contributed by atoms with Gasteiger partial charge in [0.25, 0.3) is 6.43 Å². The molecule has 1 aromatic rings. The van der Waals surface area contributed by atoms with Crippen LogP contribution < -0.4 is 0 Å². The molecule has 0 unspecified atom stereocenters. The van der Waals surface area contributed by atoms with Crippen LogP contribution in [0, 0.1) is 12.7 Å². The standard InChI is InChI=1S/C20H23F3/c1-13(2)10-14(3)6-8-18(16(5)20(22)23)12-17-7-9-19(21)15(4)11-17/h6-9,11,20H,1,5,10,12H2,2-4H3/b14-6-,18-8-. The second-order valence-corrected chi connectivity index (χ2v) is 5.93. The summed E-state index contributed by atoms with van der Waals surface area (Å²) in [4.78, 5) is 0. The van der Waals surface area contributed by atoms with E-state index in [1.54, 1.807) is 25.1 Å². The Kier molecular flexibility index (Phi) is 7.08. The molecular formula is C20H23F3. The minimum Gasteiger partial charge on any atom is -0.207 e. The maximum absolute atomic E-state index is 13.3. The molecule has 0 spiro atoms. The molecule has 1 rings (SSSR count). The molecule has 0 saturated heterocycles. The summed E-state index contributed by atoms with van der Waals surface area (Å²) >= 11 is 0. The van der Waals surface area contributed by atoms with Gasteiger partial charge in [-0.3, -0.25) is 0 Å². The van der Waals surface area contributed by atoms with Crippen molar-refractivity contribution < 1.29 is 13.2 Å². The van der Waals surface area contributed by atoms with Crippen LogP contribution in [0.3, 0.4) is 0 Å². The molecule has 1 aromatic carbocycles. The van der Waals surface area contributed by atoms with E-state index in [2.05, 4.69) is 13.2 Å². The lowest BCUT2D eigenvalue weighted by Gasteiger charge is -2.11. The van der Waals surface area contributed by atoms with Crippen molar-refractivity contribution >= 4 is 0 Å². The zero-order valence-electron chi connectivity index (χ0n) is 13.9. The Labute approximate surface area is 136 Å². The number of halogens is 3. The van der Waals surface area contributed by atoms with Crippen molar-refractivity contribution in [2.45, 2.75) is 40.0 Å². The average Bonchev–Trinajstić information content (AvgIpc) is 2.45. The third kappa shape index (κ3) is 6.31. The summed E-state index contributed by atoms with van der Waals surface area (Å²) < 4.78 is 39.4. The Balaban J connectivity index is 3.07. The first kappa shape index (κ1) is 19.0. The third-order valence-corrected chi connectivity index (χ3v) is 3.44. The minimum atomic E-state index is -2.61. The van der Waals surface area contributed by atoms with Crippen LogP contribution in [0.4, 0.5) is 13.2 Å². The molecule has 0 atom stereocenters. The molecule has 0 N–H and O–H groups in total. The largest absolute Gasteiger partial charge is 0.263 e. The van der Waals surface area contributed by atoms with Crippen LogP contribution in [0.1, 0.15) is 31.4 Å². The number of alkyl halides is 2. The van der Waals surface area contributed by atoms with Gasteiger partial charge < -0.3 is 0 Å². The molecule has 0 aliphatic heterocycles. The van der Waals surface area contributed by atoms with Gasteiger partial charge in [0.2, 0.25) is 0 Å². The lowest BCUT2D eigenvalue weighted by Crippen LogP contribution is -2.03. The van der Waals surface area contributed by atoms with E-state index in [4.69, 9.17) is 0 Å². The lowest BCUT2D eigenvalue weighted by atomic mass is 9.97. The monoisotopic (exact) mass is 320 g/mol. The van der Waals surface area contributed by atoms with Crippen LogP contribution in [-0.4, -0.2) is 6.43 Å². The summed E-state index contributed by atoms with van der Waals surface area (Å²) in [5.74, 6) is -0.302. The first-order valence-electron chi connectivity index (χ1n) is 7.43. The summed E-state index contributed by atoms with van der Waals surface area (Å²) in [7, 11) is 0. The van der Waals surface area contributed by atoms with E-state index >= 15 is 0 Å². The summed E-state index contributed by atoms with van der Waals surface area (Å²) in [5, 5.41) is 0. The smallest absolute Gasteiger partial charge is 0.207 e. The number of aryl methyl sites for hydroxylation is 1. The van der Waals surface area contributed by atoms with Gasteiger partial charge >= 0.3 is 0 Å². The molecule has 0 aromatic heterocycles. The summed E-state index contributed by atoms with van der Waals surface area (Å²) in [6, 6.07) is 4.64. The van der Waals surface area contributed by atoms with Crippen molar-refractivity contribution in [1.82, 2.24) is 0 Å². The van der Waals surface area contributed by atoms with Gasteiger partial charge in [-0.05, 0) is 56.4 Å². The molecule has 0 saturated carbocycles. The van der Waals surface area contributed by atoms with E-state index in [1.165, 1.54) is 6.07 Å². The zero-order chi connectivity index (χ0) is 17.6. The van der Waals surface area contributed by atoms with Gasteiger partial charge in [0, 0.05) is 5.57 Å². The Morgan fingerprint density at radius 2 is 1.83 bits per heavy atom. The highest BCUT2D eigenvalue weighted by molar-refractivity contribution is 5.39. The predicted octanol–water partition coefficient (Wildman–Crippen LogP) is 6.34. The first-order chi connectivity index (χ1) is 10.7. The van der Waals surface area contributed by atoms with Crippen molar-refractivity contribution in [3.8, 4) is 0 Å². The summed E-state index contributed by atoms with van der Waals surface area (Å²) in [6.07, 6.45) is 1.89. The van der Waals surface area contributed by atoms with Crippen molar-refractivity contribution in [3.05, 3.63) is 82.7 Å². The van der Waals surface area contributed by atoms with Crippen LogP contribution in [0.2, 0.25) is 0 Å². The molecule has 0 bridgehead atoms. The van der Waals surface area contributed by atoms with Gasteiger partial charge in [-0.2, -0.15) is 0 Å². The van der Waals surface area contributed by atoms with E-state index in [1.807, 2.05) is 19.9 Å². The van der Waals surface area contributed by atoms with Gasteiger partial charge in [-0.1, -0.05) is 48.6 Å². The van der Waals surface area contributed by atoms with Gasteiger partial charge in [0.05, 0.1) is 0 Å². The Morgan fingerprint density at radius 1 is 1.17 bits per heavy atom. The highest BCUT2D eigenvalue weighted by Crippen LogP contribution is 2.23. The summed E-state index contributed by atoms with van der Waals surface area (Å²) in [5.41, 5.74) is 3.57. The number of hydrogen-bond acceptors (Lipinski definition) is 0. The Bertz CT molecular complexity index is 649. The SMILES string of the molecule is C=C(C)C/C(C)=C\C=C(\Cc1ccc(F)c(C)c1)C(=C)C(F)F. The Hall–Kier alpha value is -2.03. The molecule has 0 fully saturated rings. The number of benzene rings is 1. The maximum atomic E-state index is 13.3. The van der Waals surface area contributed by atoms with Gasteiger partial charge in [0.1, 0.15) is 5.82 Å². The molecule has 0 radical (unpaired) electrons. The highest BCUT2D eigenvalue weighted by Gasteiger charge is 2.14. The second-order valence-electron chi connectivity index (χ2n) is 5.93. The molecule has 124 valence electrons. The van der Waals surface area contributed by atoms with Crippen molar-refractivity contribution in [2.24, 2.45) is 0 Å². The average molecular weight is 320 g/mol. The molecule has 0 amide bonds. The summed E-state index contributed by atoms with van der Waals surface area (Å²) in [6.45, 7) is 12.8. The Morgan fingerprint density at radius 3 is 2.35 bits per heavy atom. The van der Waals surface area contributed by atoms with E-state index in [-0.39, 0.29) is 11.4 Å². The van der Waals surface area contributed by atoms with Crippen LogP contribution >= 0.6 is 0 Å². The van der Waals surface area contributed by atoms with E-state index < -0.39 is 6.43 Å². The van der Waals surface area contributed by atoms with Gasteiger partial charge in [0.15, 0.2) is 0 Å². The molecule has 0 aliphatic rings. The van der Waals surface area contributed by atoms with Crippen LogP contribution in [0.15, 0.2) is 65.8 Å². The van der Waals surface area contributed by atoms with E-state index in [0.717, 1.165) is 23.1 Å². The topological polar surface area (TPSA) is 0 Å². The molecule has 0 aliphatic carbocycles. The molecule has 0 heterocycles. The molecule has 3 heteroatoms. The fourth-order valence-electron chi connectivity index (χ4n) is 2.23. The zero-order valence-corrected chi connectivity index (χ0v) is 13.9. The van der Waals surface area contributed by atoms with Crippen LogP contribution in [0.25, 0.3) is 0 Å². The quantitative estimate of drug-likeness (QED) is 0.406. The predicted molar refractivity (Wildman–Crippen MR) is 91.3 cm³/mol.